The van der Waals surface area contributed by atoms with Gasteiger partial charge in [-0.1, -0.05) is 19.8 Å². The Morgan fingerprint density at radius 3 is 2.39 bits per heavy atom. The first-order valence-electron chi connectivity index (χ1n) is 6.60. The van der Waals surface area contributed by atoms with Crippen molar-refractivity contribution in [2.45, 2.75) is 40.0 Å². The van der Waals surface area contributed by atoms with Crippen LogP contribution in [0.4, 0.5) is 11.9 Å². The Hall–Kier alpha value is -1.59. The zero-order valence-corrected chi connectivity index (χ0v) is 11.5. The van der Waals surface area contributed by atoms with E-state index in [0.717, 1.165) is 32.4 Å². The van der Waals surface area contributed by atoms with Gasteiger partial charge in [0, 0.05) is 13.1 Å². The van der Waals surface area contributed by atoms with Crippen LogP contribution in [0.3, 0.4) is 0 Å². The molecule has 0 aliphatic heterocycles. The standard InChI is InChI=1S/C12H23N5O/c1-4-7-8-9-18-12-15-10(13)14-11(16-12)17(5-2)6-3/h4-9H2,1-3H3,(H2,13,14,15,16). The lowest BCUT2D eigenvalue weighted by atomic mass is 10.3. The number of nitrogens with two attached hydrogens (primary N) is 1. The van der Waals surface area contributed by atoms with E-state index in [4.69, 9.17) is 10.5 Å². The van der Waals surface area contributed by atoms with Crippen molar-refractivity contribution in [1.82, 2.24) is 15.0 Å². The van der Waals surface area contributed by atoms with Gasteiger partial charge in [-0.2, -0.15) is 15.0 Å². The first kappa shape index (κ1) is 14.5. The second-order valence-electron chi connectivity index (χ2n) is 4.00. The molecule has 1 aromatic rings. The third-order valence-electron chi connectivity index (χ3n) is 2.65. The Balaban J connectivity index is 2.68. The molecule has 0 atom stereocenters. The van der Waals surface area contributed by atoms with Gasteiger partial charge < -0.3 is 15.4 Å². The Bertz CT molecular complexity index is 354. The van der Waals surface area contributed by atoms with Gasteiger partial charge in [-0.05, 0) is 20.3 Å². The molecule has 0 aromatic carbocycles. The van der Waals surface area contributed by atoms with E-state index in [9.17, 15) is 0 Å². The van der Waals surface area contributed by atoms with Crippen LogP contribution in [0.1, 0.15) is 40.0 Å². The SMILES string of the molecule is CCCCCOc1nc(N)nc(N(CC)CC)n1. The molecule has 0 radical (unpaired) electrons. The predicted molar refractivity (Wildman–Crippen MR) is 72.8 cm³/mol. The highest BCUT2D eigenvalue weighted by atomic mass is 16.5. The summed E-state index contributed by atoms with van der Waals surface area (Å²) in [5, 5.41) is 0. The molecule has 0 saturated heterocycles. The number of hydrogen-bond acceptors (Lipinski definition) is 6. The molecule has 0 aliphatic rings. The molecule has 18 heavy (non-hydrogen) atoms. The van der Waals surface area contributed by atoms with Gasteiger partial charge in [-0.25, -0.2) is 0 Å². The topological polar surface area (TPSA) is 77.2 Å². The van der Waals surface area contributed by atoms with E-state index in [1.807, 2.05) is 18.7 Å². The van der Waals surface area contributed by atoms with E-state index in [1.165, 1.54) is 0 Å². The van der Waals surface area contributed by atoms with E-state index >= 15 is 0 Å². The third kappa shape index (κ3) is 4.35. The van der Waals surface area contributed by atoms with Crippen molar-refractivity contribution in [3.63, 3.8) is 0 Å². The molecule has 1 heterocycles. The van der Waals surface area contributed by atoms with Crippen molar-refractivity contribution >= 4 is 11.9 Å². The van der Waals surface area contributed by atoms with Gasteiger partial charge in [-0.15, -0.1) is 0 Å². The molecule has 0 fully saturated rings. The summed E-state index contributed by atoms with van der Waals surface area (Å²) in [7, 11) is 0. The maximum Gasteiger partial charge on any atom is 0.323 e. The number of hydrogen-bond donors (Lipinski definition) is 1. The Morgan fingerprint density at radius 1 is 1.06 bits per heavy atom. The minimum Gasteiger partial charge on any atom is -0.463 e. The molecular weight excluding hydrogens is 230 g/mol. The highest BCUT2D eigenvalue weighted by molar-refractivity contribution is 5.35. The minimum atomic E-state index is 0.206. The van der Waals surface area contributed by atoms with Crippen LogP contribution in [0.2, 0.25) is 0 Å². The van der Waals surface area contributed by atoms with Crippen molar-refractivity contribution in [3.8, 4) is 6.01 Å². The number of aromatic nitrogens is 3. The molecule has 0 bridgehead atoms. The lowest BCUT2D eigenvalue weighted by molar-refractivity contribution is 0.282. The first-order valence-corrected chi connectivity index (χ1v) is 6.60. The number of anilines is 2. The normalized spacial score (nSPS) is 10.4. The van der Waals surface area contributed by atoms with Crippen LogP contribution >= 0.6 is 0 Å². The Kier molecular flexibility index (Phi) is 6.18. The molecule has 0 unspecified atom stereocenters. The number of unbranched alkanes of at least 4 members (excludes halogenated alkanes) is 2. The van der Waals surface area contributed by atoms with Gasteiger partial charge in [-0.3, -0.25) is 0 Å². The summed E-state index contributed by atoms with van der Waals surface area (Å²) < 4.78 is 5.50. The smallest absolute Gasteiger partial charge is 0.323 e. The zero-order valence-electron chi connectivity index (χ0n) is 11.5. The number of nitrogens with zero attached hydrogens (tertiary/aromatic N) is 4. The predicted octanol–water partition coefficient (Wildman–Crippen LogP) is 1.87. The molecule has 0 saturated carbocycles. The largest absolute Gasteiger partial charge is 0.463 e. The summed E-state index contributed by atoms with van der Waals surface area (Å²) in [6, 6.07) is 0.320. The molecule has 1 aromatic heterocycles. The fourth-order valence-corrected chi connectivity index (χ4v) is 1.59. The van der Waals surface area contributed by atoms with Crippen molar-refractivity contribution in [3.05, 3.63) is 0 Å². The molecular formula is C12H23N5O. The highest BCUT2D eigenvalue weighted by Gasteiger charge is 2.10. The average Bonchev–Trinajstić information content (AvgIpc) is 2.36. The summed E-state index contributed by atoms with van der Waals surface area (Å²) in [5.74, 6) is 0.787. The van der Waals surface area contributed by atoms with Gasteiger partial charge in [0.2, 0.25) is 11.9 Å². The zero-order chi connectivity index (χ0) is 13.4. The summed E-state index contributed by atoms with van der Waals surface area (Å²) >= 11 is 0. The van der Waals surface area contributed by atoms with Crippen LogP contribution < -0.4 is 15.4 Å². The molecule has 0 spiro atoms. The minimum absolute atomic E-state index is 0.206. The fraction of sp³-hybridized carbons (Fsp3) is 0.750. The van der Waals surface area contributed by atoms with Crippen LogP contribution in [0.5, 0.6) is 6.01 Å². The highest BCUT2D eigenvalue weighted by Crippen LogP contribution is 2.13. The van der Waals surface area contributed by atoms with Crippen LogP contribution in [0.15, 0.2) is 0 Å². The Morgan fingerprint density at radius 2 is 1.78 bits per heavy atom. The van der Waals surface area contributed by atoms with E-state index in [1.54, 1.807) is 0 Å². The van der Waals surface area contributed by atoms with Crippen molar-refractivity contribution in [1.29, 1.82) is 0 Å². The average molecular weight is 253 g/mol. The quantitative estimate of drug-likeness (QED) is 0.713. The lowest BCUT2D eigenvalue weighted by Gasteiger charge is -2.18. The maximum absolute atomic E-state index is 5.67. The van der Waals surface area contributed by atoms with Crippen LogP contribution in [-0.4, -0.2) is 34.6 Å². The molecule has 2 N–H and O–H groups in total. The van der Waals surface area contributed by atoms with Crippen LogP contribution in [-0.2, 0) is 0 Å². The van der Waals surface area contributed by atoms with E-state index in [0.29, 0.717) is 18.6 Å². The third-order valence-corrected chi connectivity index (χ3v) is 2.65. The second kappa shape index (κ2) is 7.68. The second-order valence-corrected chi connectivity index (χ2v) is 4.00. The van der Waals surface area contributed by atoms with Crippen molar-refractivity contribution < 1.29 is 4.74 Å². The summed E-state index contributed by atoms with van der Waals surface area (Å²) in [4.78, 5) is 14.4. The van der Waals surface area contributed by atoms with Crippen LogP contribution in [0.25, 0.3) is 0 Å². The van der Waals surface area contributed by atoms with Gasteiger partial charge in [0.1, 0.15) is 0 Å². The van der Waals surface area contributed by atoms with E-state index in [-0.39, 0.29) is 5.95 Å². The molecule has 0 amide bonds. The molecule has 0 aliphatic carbocycles. The monoisotopic (exact) mass is 253 g/mol. The van der Waals surface area contributed by atoms with Crippen LogP contribution in [0, 0.1) is 0 Å². The van der Waals surface area contributed by atoms with Gasteiger partial charge >= 0.3 is 6.01 Å². The molecule has 6 nitrogen and oxygen atoms in total. The molecule has 102 valence electrons. The van der Waals surface area contributed by atoms with Gasteiger partial charge in [0.25, 0.3) is 0 Å². The lowest BCUT2D eigenvalue weighted by Crippen LogP contribution is -2.25. The van der Waals surface area contributed by atoms with Gasteiger partial charge in [0.15, 0.2) is 0 Å². The number of nitrogen functional groups attached to an aromatic ring is 1. The Labute approximate surface area is 109 Å². The van der Waals surface area contributed by atoms with Crippen molar-refractivity contribution in [2.75, 3.05) is 30.3 Å². The van der Waals surface area contributed by atoms with Crippen molar-refractivity contribution in [2.24, 2.45) is 0 Å². The number of ether oxygens (including phenoxy) is 1. The fourth-order valence-electron chi connectivity index (χ4n) is 1.59. The van der Waals surface area contributed by atoms with E-state index in [2.05, 4.69) is 21.9 Å². The molecule has 6 heteroatoms. The summed E-state index contributed by atoms with van der Waals surface area (Å²) in [5.41, 5.74) is 5.67. The molecule has 1 rings (SSSR count). The number of rotatable bonds is 8. The summed E-state index contributed by atoms with van der Waals surface area (Å²) in [6.07, 6.45) is 3.31. The maximum atomic E-state index is 5.67. The van der Waals surface area contributed by atoms with Gasteiger partial charge in [0.05, 0.1) is 6.61 Å². The van der Waals surface area contributed by atoms with E-state index < -0.39 is 0 Å². The summed E-state index contributed by atoms with van der Waals surface area (Å²) in [6.45, 7) is 8.52. The first-order chi connectivity index (χ1) is 8.71.